The maximum Gasteiger partial charge on any atom is 0.105 e. The zero-order valence-electron chi connectivity index (χ0n) is 9.57. The summed E-state index contributed by atoms with van der Waals surface area (Å²) in [7, 11) is 0. The third-order valence-electron chi connectivity index (χ3n) is 2.49. The van der Waals surface area contributed by atoms with Crippen molar-refractivity contribution in [1.29, 1.82) is 5.26 Å². The Hall–Kier alpha value is -1.34. The van der Waals surface area contributed by atoms with Gasteiger partial charge in [0.05, 0.1) is 12.1 Å². The fraction of sp³-hybridized carbons (Fsp3) is 0.636. The van der Waals surface area contributed by atoms with Gasteiger partial charge in [-0.3, -0.25) is 10.00 Å². The summed E-state index contributed by atoms with van der Waals surface area (Å²) in [4.78, 5) is 0. The molecule has 0 aliphatic heterocycles. The van der Waals surface area contributed by atoms with Crippen LogP contribution in [0.4, 0.5) is 0 Å². The minimum Gasteiger partial charge on any atom is -0.300 e. The number of hydrogen-bond donors (Lipinski definition) is 1. The van der Waals surface area contributed by atoms with E-state index in [2.05, 4.69) is 23.4 Å². The Kier molecular flexibility index (Phi) is 3.87. The second kappa shape index (κ2) is 4.94. The number of rotatable bonds is 5. The molecule has 1 N–H and O–H groups in total. The molecule has 1 heterocycles. The standard InChI is InChI=1S/C11H18N4/c1-4-13-11(3,9-12)8-10(2)15-7-5-6-14-15/h5-7,10,13H,4,8H2,1-3H3. The van der Waals surface area contributed by atoms with Crippen LogP contribution in [0.1, 0.15) is 33.2 Å². The summed E-state index contributed by atoms with van der Waals surface area (Å²) in [6, 6.07) is 4.44. The Labute approximate surface area is 90.9 Å². The van der Waals surface area contributed by atoms with Crippen LogP contribution in [0, 0.1) is 11.3 Å². The lowest BCUT2D eigenvalue weighted by atomic mass is 9.95. The smallest absolute Gasteiger partial charge is 0.105 e. The molecule has 1 aromatic heterocycles. The molecule has 0 spiro atoms. The SMILES string of the molecule is CCNC(C)(C#N)CC(C)n1cccn1. The highest BCUT2D eigenvalue weighted by atomic mass is 15.3. The second-order valence-corrected chi connectivity index (χ2v) is 4.01. The first-order valence-electron chi connectivity index (χ1n) is 5.26. The van der Waals surface area contributed by atoms with Crippen LogP contribution in [0.3, 0.4) is 0 Å². The Morgan fingerprint density at radius 1 is 1.67 bits per heavy atom. The third kappa shape index (κ3) is 3.07. The van der Waals surface area contributed by atoms with E-state index < -0.39 is 5.54 Å². The van der Waals surface area contributed by atoms with E-state index in [9.17, 15) is 0 Å². The highest BCUT2D eigenvalue weighted by Crippen LogP contribution is 2.19. The number of nitrogens with one attached hydrogen (secondary N) is 1. The number of hydrogen-bond acceptors (Lipinski definition) is 3. The van der Waals surface area contributed by atoms with Gasteiger partial charge in [0.2, 0.25) is 0 Å². The van der Waals surface area contributed by atoms with Crippen LogP contribution in [0.5, 0.6) is 0 Å². The lowest BCUT2D eigenvalue weighted by Gasteiger charge is -2.26. The summed E-state index contributed by atoms with van der Waals surface area (Å²) in [6.07, 6.45) is 4.43. The van der Waals surface area contributed by atoms with E-state index in [1.54, 1.807) is 6.20 Å². The van der Waals surface area contributed by atoms with Crippen LogP contribution < -0.4 is 5.32 Å². The Morgan fingerprint density at radius 2 is 2.40 bits per heavy atom. The highest BCUT2D eigenvalue weighted by molar-refractivity contribution is 5.04. The van der Waals surface area contributed by atoms with Gasteiger partial charge in [0.1, 0.15) is 5.54 Å². The van der Waals surface area contributed by atoms with Gasteiger partial charge in [0.15, 0.2) is 0 Å². The average molecular weight is 206 g/mol. The molecular weight excluding hydrogens is 188 g/mol. The summed E-state index contributed by atoms with van der Waals surface area (Å²) in [5.74, 6) is 0. The molecule has 2 unspecified atom stereocenters. The molecule has 4 nitrogen and oxygen atoms in total. The van der Waals surface area contributed by atoms with Gasteiger partial charge in [0, 0.05) is 18.8 Å². The van der Waals surface area contributed by atoms with Crippen molar-refractivity contribution in [3.63, 3.8) is 0 Å². The van der Waals surface area contributed by atoms with Crippen LogP contribution in [0.15, 0.2) is 18.5 Å². The molecule has 15 heavy (non-hydrogen) atoms. The van der Waals surface area contributed by atoms with Crippen molar-refractivity contribution >= 4 is 0 Å². The maximum absolute atomic E-state index is 9.12. The summed E-state index contributed by atoms with van der Waals surface area (Å²) < 4.78 is 1.88. The molecule has 0 aliphatic carbocycles. The van der Waals surface area contributed by atoms with Gasteiger partial charge >= 0.3 is 0 Å². The predicted molar refractivity (Wildman–Crippen MR) is 59.2 cm³/mol. The number of aromatic nitrogens is 2. The van der Waals surface area contributed by atoms with Crippen molar-refractivity contribution < 1.29 is 0 Å². The van der Waals surface area contributed by atoms with Crippen molar-refractivity contribution in [2.24, 2.45) is 0 Å². The van der Waals surface area contributed by atoms with E-state index in [-0.39, 0.29) is 6.04 Å². The van der Waals surface area contributed by atoms with Crippen molar-refractivity contribution in [1.82, 2.24) is 15.1 Å². The predicted octanol–water partition coefficient (Wildman–Crippen LogP) is 1.73. The lowest BCUT2D eigenvalue weighted by molar-refractivity contribution is 0.338. The zero-order valence-corrected chi connectivity index (χ0v) is 9.57. The minimum atomic E-state index is -0.472. The molecule has 0 bridgehead atoms. The van der Waals surface area contributed by atoms with Crippen LogP contribution >= 0.6 is 0 Å². The molecule has 0 amide bonds. The highest BCUT2D eigenvalue weighted by Gasteiger charge is 2.25. The van der Waals surface area contributed by atoms with Crippen LogP contribution in [-0.4, -0.2) is 21.9 Å². The number of nitrogens with zero attached hydrogens (tertiary/aromatic N) is 3. The van der Waals surface area contributed by atoms with Gasteiger partial charge in [-0.1, -0.05) is 6.92 Å². The molecule has 0 saturated heterocycles. The minimum absolute atomic E-state index is 0.226. The van der Waals surface area contributed by atoms with E-state index in [0.717, 1.165) is 13.0 Å². The van der Waals surface area contributed by atoms with Crippen LogP contribution in [-0.2, 0) is 0 Å². The Morgan fingerprint density at radius 3 is 2.87 bits per heavy atom. The maximum atomic E-state index is 9.12. The summed E-state index contributed by atoms with van der Waals surface area (Å²) in [6.45, 7) is 6.81. The molecule has 1 aromatic rings. The molecule has 4 heteroatoms. The fourth-order valence-corrected chi connectivity index (χ4v) is 1.77. The van der Waals surface area contributed by atoms with Gasteiger partial charge in [-0.05, 0) is 26.5 Å². The molecule has 0 radical (unpaired) electrons. The van der Waals surface area contributed by atoms with E-state index in [4.69, 9.17) is 5.26 Å². The van der Waals surface area contributed by atoms with E-state index in [0.29, 0.717) is 0 Å². The van der Waals surface area contributed by atoms with E-state index in [1.807, 2.05) is 30.8 Å². The van der Waals surface area contributed by atoms with E-state index in [1.165, 1.54) is 0 Å². The molecule has 82 valence electrons. The molecule has 0 aromatic carbocycles. The largest absolute Gasteiger partial charge is 0.300 e. The topological polar surface area (TPSA) is 53.6 Å². The van der Waals surface area contributed by atoms with Gasteiger partial charge in [-0.25, -0.2) is 0 Å². The average Bonchev–Trinajstić information content (AvgIpc) is 2.71. The summed E-state index contributed by atoms with van der Waals surface area (Å²) in [5.41, 5.74) is -0.472. The summed E-state index contributed by atoms with van der Waals surface area (Å²) >= 11 is 0. The van der Waals surface area contributed by atoms with Crippen molar-refractivity contribution in [2.75, 3.05) is 6.54 Å². The fourth-order valence-electron chi connectivity index (χ4n) is 1.77. The van der Waals surface area contributed by atoms with Gasteiger partial charge in [-0.2, -0.15) is 10.4 Å². The lowest BCUT2D eigenvalue weighted by Crippen LogP contribution is -2.42. The number of nitriles is 1. The van der Waals surface area contributed by atoms with Crippen molar-refractivity contribution in [3.05, 3.63) is 18.5 Å². The van der Waals surface area contributed by atoms with E-state index >= 15 is 0 Å². The summed E-state index contributed by atoms with van der Waals surface area (Å²) in [5, 5.41) is 16.5. The molecule has 2 atom stereocenters. The first-order chi connectivity index (χ1) is 7.11. The van der Waals surface area contributed by atoms with Crippen molar-refractivity contribution in [2.45, 2.75) is 38.8 Å². The molecule has 1 rings (SSSR count). The van der Waals surface area contributed by atoms with Crippen LogP contribution in [0.25, 0.3) is 0 Å². The van der Waals surface area contributed by atoms with Crippen molar-refractivity contribution in [3.8, 4) is 6.07 Å². The molecular formula is C11H18N4. The molecule has 0 fully saturated rings. The van der Waals surface area contributed by atoms with Gasteiger partial charge in [0.25, 0.3) is 0 Å². The van der Waals surface area contributed by atoms with Gasteiger partial charge in [-0.15, -0.1) is 0 Å². The quantitative estimate of drug-likeness (QED) is 0.798. The molecule has 0 saturated carbocycles. The Bertz CT molecular complexity index is 325. The third-order valence-corrected chi connectivity index (χ3v) is 2.49. The Balaban J connectivity index is 2.64. The normalized spacial score (nSPS) is 16.7. The van der Waals surface area contributed by atoms with Gasteiger partial charge < -0.3 is 0 Å². The molecule has 0 aliphatic rings. The first kappa shape index (κ1) is 11.7. The zero-order chi connectivity index (χ0) is 11.3. The first-order valence-corrected chi connectivity index (χ1v) is 5.26. The second-order valence-electron chi connectivity index (χ2n) is 4.01. The monoisotopic (exact) mass is 206 g/mol. The van der Waals surface area contributed by atoms with Crippen LogP contribution in [0.2, 0.25) is 0 Å².